The molecule has 242 valence electrons. The van der Waals surface area contributed by atoms with Gasteiger partial charge in [0.15, 0.2) is 0 Å². The van der Waals surface area contributed by atoms with Gasteiger partial charge >= 0.3 is 0 Å². The summed E-state index contributed by atoms with van der Waals surface area (Å²) in [5.74, 6) is 0.878. The van der Waals surface area contributed by atoms with E-state index in [0.29, 0.717) is 0 Å². The Morgan fingerprint density at radius 1 is 0.385 bits per heavy atom. The van der Waals surface area contributed by atoms with E-state index < -0.39 is 0 Å². The molecule has 0 saturated carbocycles. The molecule has 0 aliphatic carbocycles. The zero-order valence-corrected chi connectivity index (χ0v) is 29.2. The fourth-order valence-electron chi connectivity index (χ4n) is 8.29. The number of nitrogens with zero attached hydrogens (tertiary/aromatic N) is 4. The van der Waals surface area contributed by atoms with Crippen LogP contribution >= 0.6 is 22.7 Å². The molecule has 0 saturated heterocycles. The molecule has 0 fully saturated rings. The van der Waals surface area contributed by atoms with Crippen LogP contribution in [0.5, 0.6) is 0 Å². The largest absolute Gasteiger partial charge is 0.308 e. The Morgan fingerprint density at radius 3 is 1.56 bits per heavy atom. The van der Waals surface area contributed by atoms with Gasteiger partial charge in [0, 0.05) is 73.6 Å². The van der Waals surface area contributed by atoms with Crippen molar-refractivity contribution < 1.29 is 0 Å². The Labute approximate surface area is 305 Å². The molecule has 52 heavy (non-hydrogen) atoms. The standard InChI is InChI=1S/C46H26N4S2/c1-5-13-38-29(9-1)33-24-44-35(31-11-3-7-15-42(31)51-44)22-40(33)49(38)28-17-18-37(48-26-28)27-19-20-47-46(21-27)50-39-14-6-2-10-30(39)34-25-45-36(23-41(34)50)32-12-4-8-16-43(32)52-45/h1-26H. The minimum Gasteiger partial charge on any atom is -0.308 e. The predicted molar refractivity (Wildman–Crippen MR) is 222 cm³/mol. The van der Waals surface area contributed by atoms with Gasteiger partial charge in [0.1, 0.15) is 5.82 Å². The molecule has 0 bridgehead atoms. The van der Waals surface area contributed by atoms with Gasteiger partial charge in [-0.25, -0.2) is 4.98 Å². The molecule has 0 atom stereocenters. The van der Waals surface area contributed by atoms with E-state index in [2.05, 4.69) is 155 Å². The maximum Gasteiger partial charge on any atom is 0.138 e. The van der Waals surface area contributed by atoms with E-state index in [-0.39, 0.29) is 0 Å². The predicted octanol–water partition coefficient (Wildman–Crippen LogP) is 13.1. The van der Waals surface area contributed by atoms with Gasteiger partial charge in [-0.05, 0) is 72.8 Å². The lowest BCUT2D eigenvalue weighted by Gasteiger charge is -2.11. The first kappa shape index (κ1) is 28.4. The molecule has 12 aromatic rings. The van der Waals surface area contributed by atoms with Crippen LogP contribution < -0.4 is 0 Å². The van der Waals surface area contributed by atoms with Gasteiger partial charge in [-0.3, -0.25) is 9.55 Å². The van der Waals surface area contributed by atoms with E-state index in [1.54, 1.807) is 0 Å². The van der Waals surface area contributed by atoms with Crippen molar-refractivity contribution in [2.24, 2.45) is 0 Å². The summed E-state index contributed by atoms with van der Waals surface area (Å²) in [6.07, 6.45) is 3.92. The second kappa shape index (κ2) is 10.6. The van der Waals surface area contributed by atoms with Crippen molar-refractivity contribution >= 4 is 107 Å². The van der Waals surface area contributed by atoms with Gasteiger partial charge in [-0.15, -0.1) is 22.7 Å². The first-order chi connectivity index (χ1) is 25.8. The summed E-state index contributed by atoms with van der Waals surface area (Å²) < 4.78 is 9.91. The average molecular weight is 699 g/mol. The first-order valence-corrected chi connectivity index (χ1v) is 19.0. The average Bonchev–Trinajstić information content (AvgIpc) is 3.93. The van der Waals surface area contributed by atoms with Crippen molar-refractivity contribution in [1.82, 2.24) is 19.1 Å². The van der Waals surface area contributed by atoms with Crippen LogP contribution in [-0.2, 0) is 0 Å². The van der Waals surface area contributed by atoms with Gasteiger partial charge in [0.25, 0.3) is 0 Å². The van der Waals surface area contributed by atoms with Gasteiger partial charge in [0.05, 0.1) is 39.6 Å². The van der Waals surface area contributed by atoms with Crippen molar-refractivity contribution in [3.05, 3.63) is 158 Å². The topological polar surface area (TPSA) is 35.6 Å². The maximum atomic E-state index is 5.08. The normalized spacial score (nSPS) is 12.2. The zero-order chi connectivity index (χ0) is 33.9. The second-order valence-electron chi connectivity index (χ2n) is 13.4. The number of para-hydroxylation sites is 2. The number of benzene rings is 6. The monoisotopic (exact) mass is 698 g/mol. The van der Waals surface area contributed by atoms with Crippen LogP contribution in [0.2, 0.25) is 0 Å². The van der Waals surface area contributed by atoms with E-state index in [1.165, 1.54) is 72.9 Å². The molecule has 6 heterocycles. The molecule has 0 amide bonds. The lowest BCUT2D eigenvalue weighted by Crippen LogP contribution is -1.98. The molecular weight excluding hydrogens is 673 g/mol. The smallest absolute Gasteiger partial charge is 0.138 e. The quantitative estimate of drug-likeness (QED) is 0.184. The third kappa shape index (κ3) is 3.96. The SMILES string of the molecule is c1ccc2c(c1)sc1cc3c4ccccc4n(-c4ccc(-c5ccnc(-n6c7ccccc7c7cc8sc9ccccc9c8cc76)c5)nc4)c3cc12. The molecule has 0 radical (unpaired) electrons. The molecule has 6 aromatic heterocycles. The molecule has 0 unspecified atom stereocenters. The van der Waals surface area contributed by atoms with Gasteiger partial charge < -0.3 is 4.57 Å². The summed E-state index contributed by atoms with van der Waals surface area (Å²) in [6.45, 7) is 0. The van der Waals surface area contributed by atoms with E-state index in [1.807, 2.05) is 35.1 Å². The molecule has 6 heteroatoms. The van der Waals surface area contributed by atoms with Crippen molar-refractivity contribution in [3.63, 3.8) is 0 Å². The Bertz CT molecular complexity index is 3410. The van der Waals surface area contributed by atoms with Gasteiger partial charge in [-0.1, -0.05) is 72.8 Å². The van der Waals surface area contributed by atoms with Crippen molar-refractivity contribution in [2.75, 3.05) is 0 Å². The molecule has 0 spiro atoms. The third-order valence-corrected chi connectivity index (χ3v) is 12.9. The molecular formula is C46H26N4S2. The minimum absolute atomic E-state index is 0.878. The van der Waals surface area contributed by atoms with Crippen LogP contribution in [0, 0.1) is 0 Å². The van der Waals surface area contributed by atoms with Crippen molar-refractivity contribution in [3.8, 4) is 22.8 Å². The lowest BCUT2D eigenvalue weighted by atomic mass is 10.1. The summed E-state index contributed by atoms with van der Waals surface area (Å²) in [7, 11) is 0. The number of aromatic nitrogens is 4. The van der Waals surface area contributed by atoms with E-state index in [0.717, 1.165) is 33.8 Å². The number of hydrogen-bond acceptors (Lipinski definition) is 4. The molecule has 4 nitrogen and oxygen atoms in total. The fraction of sp³-hybridized carbons (Fsp3) is 0. The highest BCUT2D eigenvalue weighted by atomic mass is 32.1. The highest BCUT2D eigenvalue weighted by molar-refractivity contribution is 7.26. The van der Waals surface area contributed by atoms with E-state index in [4.69, 9.17) is 9.97 Å². The fourth-order valence-corrected chi connectivity index (χ4v) is 10.5. The number of thiophene rings is 2. The summed E-state index contributed by atoms with van der Waals surface area (Å²) >= 11 is 3.72. The minimum atomic E-state index is 0.878. The van der Waals surface area contributed by atoms with E-state index >= 15 is 0 Å². The van der Waals surface area contributed by atoms with Gasteiger partial charge in [-0.2, -0.15) is 0 Å². The van der Waals surface area contributed by atoms with Crippen molar-refractivity contribution in [1.29, 1.82) is 0 Å². The number of pyridine rings is 2. The maximum absolute atomic E-state index is 5.08. The zero-order valence-electron chi connectivity index (χ0n) is 27.6. The Hall–Kier alpha value is -6.34. The third-order valence-electron chi connectivity index (χ3n) is 10.6. The van der Waals surface area contributed by atoms with Crippen LogP contribution in [0.15, 0.2) is 158 Å². The molecule has 0 N–H and O–H groups in total. The lowest BCUT2D eigenvalue weighted by molar-refractivity contribution is 1.08. The molecule has 0 aliphatic heterocycles. The Kier molecular flexibility index (Phi) is 5.78. The highest BCUT2D eigenvalue weighted by Gasteiger charge is 2.18. The highest BCUT2D eigenvalue weighted by Crippen LogP contribution is 2.42. The number of fused-ring (bicyclic) bond motifs is 12. The van der Waals surface area contributed by atoms with Crippen LogP contribution in [0.3, 0.4) is 0 Å². The van der Waals surface area contributed by atoms with Crippen LogP contribution in [0.25, 0.3) is 107 Å². The first-order valence-electron chi connectivity index (χ1n) is 17.4. The van der Waals surface area contributed by atoms with Crippen LogP contribution in [0.1, 0.15) is 0 Å². The Morgan fingerprint density at radius 2 is 0.942 bits per heavy atom. The van der Waals surface area contributed by atoms with Crippen LogP contribution in [0.4, 0.5) is 0 Å². The van der Waals surface area contributed by atoms with Crippen LogP contribution in [-0.4, -0.2) is 19.1 Å². The van der Waals surface area contributed by atoms with E-state index in [9.17, 15) is 0 Å². The number of hydrogen-bond donors (Lipinski definition) is 0. The molecule has 6 aromatic carbocycles. The molecule has 0 aliphatic rings. The van der Waals surface area contributed by atoms with Crippen molar-refractivity contribution in [2.45, 2.75) is 0 Å². The summed E-state index contributed by atoms with van der Waals surface area (Å²) in [6, 6.07) is 52.8. The summed E-state index contributed by atoms with van der Waals surface area (Å²) in [5, 5.41) is 10.2. The summed E-state index contributed by atoms with van der Waals surface area (Å²) in [4.78, 5) is 10.0. The summed E-state index contributed by atoms with van der Waals surface area (Å²) in [5.41, 5.74) is 7.65. The second-order valence-corrected chi connectivity index (χ2v) is 15.6. The number of rotatable bonds is 3. The van der Waals surface area contributed by atoms with Gasteiger partial charge in [0.2, 0.25) is 0 Å². The molecule has 12 rings (SSSR count). The Balaban J connectivity index is 1.01.